The Hall–Kier alpha value is -4.18. The van der Waals surface area contributed by atoms with Crippen LogP contribution in [-0.2, 0) is 0 Å². The van der Waals surface area contributed by atoms with Crippen LogP contribution >= 0.6 is 0 Å². The SMILES string of the molecule is Cc1cc(C)c(N2CC(=C3CN(c4c(C)cccc4C)CN3c3c(C)cccc3C)N(c3c(C)cc(C)cc3C)C2)c(C)c1. The number of hydrogen-bond donors (Lipinski definition) is 0. The lowest BCUT2D eigenvalue weighted by molar-refractivity contribution is 0.932. The van der Waals surface area contributed by atoms with Crippen LogP contribution in [0.5, 0.6) is 0 Å². The zero-order chi connectivity index (χ0) is 31.4. The van der Waals surface area contributed by atoms with Gasteiger partial charge in [0.25, 0.3) is 0 Å². The van der Waals surface area contributed by atoms with Gasteiger partial charge in [0.1, 0.15) is 0 Å². The zero-order valence-electron chi connectivity index (χ0n) is 28.4. The summed E-state index contributed by atoms with van der Waals surface area (Å²) in [4.78, 5) is 10.5. The van der Waals surface area contributed by atoms with Gasteiger partial charge >= 0.3 is 0 Å². The summed E-state index contributed by atoms with van der Waals surface area (Å²) in [6.45, 7) is 26.0. The minimum Gasteiger partial charge on any atom is -0.347 e. The Morgan fingerprint density at radius 2 is 0.682 bits per heavy atom. The van der Waals surface area contributed by atoms with Crippen LogP contribution in [0.3, 0.4) is 0 Å². The Kier molecular flexibility index (Phi) is 7.73. The van der Waals surface area contributed by atoms with Crippen molar-refractivity contribution in [1.29, 1.82) is 0 Å². The summed E-state index contributed by atoms with van der Waals surface area (Å²) in [7, 11) is 0. The summed E-state index contributed by atoms with van der Waals surface area (Å²) in [6.07, 6.45) is 0. The summed E-state index contributed by atoms with van der Waals surface area (Å²) >= 11 is 0. The van der Waals surface area contributed by atoms with Gasteiger partial charge in [0.2, 0.25) is 0 Å². The number of nitrogens with zero attached hydrogens (tertiary/aromatic N) is 4. The quantitative estimate of drug-likeness (QED) is 0.237. The second-order valence-electron chi connectivity index (χ2n) is 13.4. The molecule has 0 radical (unpaired) electrons. The number of rotatable bonds is 4. The molecule has 0 aromatic heterocycles. The third-order valence-corrected chi connectivity index (χ3v) is 9.61. The monoisotopic (exact) mass is 584 g/mol. The van der Waals surface area contributed by atoms with E-state index in [1.807, 2.05) is 0 Å². The Morgan fingerprint density at radius 3 is 1.07 bits per heavy atom. The van der Waals surface area contributed by atoms with E-state index in [2.05, 4.69) is 150 Å². The fraction of sp³-hybridized carbons (Fsp3) is 0.350. The van der Waals surface area contributed by atoms with Crippen LogP contribution in [0.15, 0.2) is 72.1 Å². The smallest absolute Gasteiger partial charge is 0.0954 e. The van der Waals surface area contributed by atoms with Crippen molar-refractivity contribution in [1.82, 2.24) is 0 Å². The van der Waals surface area contributed by atoms with Crippen molar-refractivity contribution in [2.45, 2.75) is 69.2 Å². The number of hydrogen-bond acceptors (Lipinski definition) is 4. The molecular formula is C40H48N4. The normalized spacial score (nSPS) is 17.0. The topological polar surface area (TPSA) is 13.0 Å². The first-order valence-electron chi connectivity index (χ1n) is 16.0. The lowest BCUT2D eigenvalue weighted by Gasteiger charge is -2.29. The molecule has 0 aliphatic carbocycles. The predicted molar refractivity (Wildman–Crippen MR) is 190 cm³/mol. The molecule has 4 aromatic rings. The van der Waals surface area contributed by atoms with Gasteiger partial charge in [-0.15, -0.1) is 0 Å². The molecule has 4 aromatic carbocycles. The van der Waals surface area contributed by atoms with Crippen molar-refractivity contribution >= 4 is 22.7 Å². The Balaban J connectivity index is 1.59. The molecule has 2 aliphatic rings. The van der Waals surface area contributed by atoms with Crippen molar-refractivity contribution in [3.05, 3.63) is 128 Å². The minimum atomic E-state index is 0.832. The van der Waals surface area contributed by atoms with Gasteiger partial charge in [-0.3, -0.25) is 0 Å². The first-order valence-corrected chi connectivity index (χ1v) is 16.0. The molecule has 6 rings (SSSR count). The molecule has 2 saturated heterocycles. The Morgan fingerprint density at radius 1 is 0.386 bits per heavy atom. The lowest BCUT2D eigenvalue weighted by atomic mass is 10.0. The minimum absolute atomic E-state index is 0.832. The Bertz CT molecular complexity index is 1710. The first kappa shape index (κ1) is 29.9. The third-order valence-electron chi connectivity index (χ3n) is 9.61. The van der Waals surface area contributed by atoms with Crippen molar-refractivity contribution < 1.29 is 0 Å². The number of anilines is 4. The first-order chi connectivity index (χ1) is 20.9. The van der Waals surface area contributed by atoms with Crippen LogP contribution in [0.4, 0.5) is 22.7 Å². The second-order valence-corrected chi connectivity index (χ2v) is 13.4. The van der Waals surface area contributed by atoms with Gasteiger partial charge in [-0.25, -0.2) is 0 Å². The van der Waals surface area contributed by atoms with Gasteiger partial charge < -0.3 is 19.6 Å². The van der Waals surface area contributed by atoms with E-state index < -0.39 is 0 Å². The largest absolute Gasteiger partial charge is 0.347 e. The van der Waals surface area contributed by atoms with E-state index >= 15 is 0 Å². The maximum absolute atomic E-state index is 2.63. The molecule has 0 N–H and O–H groups in total. The third kappa shape index (κ3) is 5.15. The van der Waals surface area contributed by atoms with E-state index in [-0.39, 0.29) is 0 Å². The van der Waals surface area contributed by atoms with Crippen LogP contribution in [0.2, 0.25) is 0 Å². The van der Waals surface area contributed by atoms with Crippen LogP contribution in [0.25, 0.3) is 0 Å². The number of para-hydroxylation sites is 2. The molecule has 4 heteroatoms. The molecule has 0 amide bonds. The van der Waals surface area contributed by atoms with Gasteiger partial charge in [-0.05, 0) is 114 Å². The van der Waals surface area contributed by atoms with Crippen molar-refractivity contribution in [3.63, 3.8) is 0 Å². The van der Waals surface area contributed by atoms with Gasteiger partial charge in [0, 0.05) is 22.7 Å². The van der Waals surface area contributed by atoms with Crippen LogP contribution in [-0.4, -0.2) is 26.4 Å². The molecule has 0 bridgehead atoms. The molecule has 0 saturated carbocycles. The summed E-state index contributed by atoms with van der Waals surface area (Å²) < 4.78 is 0. The van der Waals surface area contributed by atoms with E-state index in [1.54, 1.807) is 0 Å². The van der Waals surface area contributed by atoms with Crippen LogP contribution in [0.1, 0.15) is 55.6 Å². The van der Waals surface area contributed by atoms with Gasteiger partial charge in [0.15, 0.2) is 0 Å². The van der Waals surface area contributed by atoms with Crippen molar-refractivity contribution in [2.24, 2.45) is 0 Å². The van der Waals surface area contributed by atoms with Gasteiger partial charge in [-0.2, -0.15) is 0 Å². The summed E-state index contributed by atoms with van der Waals surface area (Å²) in [5.74, 6) is 0. The van der Waals surface area contributed by atoms with E-state index in [1.165, 1.54) is 89.8 Å². The average molecular weight is 585 g/mol. The number of benzene rings is 4. The fourth-order valence-corrected chi connectivity index (χ4v) is 8.15. The van der Waals surface area contributed by atoms with E-state index in [0.29, 0.717) is 0 Å². The predicted octanol–water partition coefficient (Wildman–Crippen LogP) is 9.25. The van der Waals surface area contributed by atoms with E-state index in [9.17, 15) is 0 Å². The van der Waals surface area contributed by atoms with Crippen molar-refractivity contribution in [3.8, 4) is 0 Å². The highest BCUT2D eigenvalue weighted by atomic mass is 15.4. The molecule has 2 fully saturated rings. The molecule has 0 spiro atoms. The molecule has 2 heterocycles. The standard InChI is InChI=1S/C40H48N4/c1-25-17-31(7)38(32(8)18-25)42-22-36(44(24-42)40-33(9)19-26(2)20-34(40)10)35-21-41(37-27(3)13-11-14-28(37)4)23-43(35)39-29(5)15-12-16-30(39)6/h11-20H,21-24H2,1-10H3. The van der Waals surface area contributed by atoms with E-state index in [0.717, 1.165) is 26.4 Å². The fourth-order valence-electron chi connectivity index (χ4n) is 8.15. The maximum Gasteiger partial charge on any atom is 0.0954 e. The molecule has 2 aliphatic heterocycles. The highest BCUT2D eigenvalue weighted by Gasteiger charge is 2.38. The lowest BCUT2D eigenvalue weighted by Crippen LogP contribution is -2.29. The molecule has 228 valence electrons. The molecule has 0 atom stereocenters. The summed E-state index contributed by atoms with van der Waals surface area (Å²) in [5.41, 5.74) is 21.5. The maximum atomic E-state index is 2.63. The van der Waals surface area contributed by atoms with Gasteiger partial charge in [-0.1, -0.05) is 71.8 Å². The zero-order valence-corrected chi connectivity index (χ0v) is 28.4. The van der Waals surface area contributed by atoms with Crippen LogP contribution < -0.4 is 19.6 Å². The van der Waals surface area contributed by atoms with E-state index in [4.69, 9.17) is 0 Å². The number of aryl methyl sites for hydroxylation is 10. The highest BCUT2D eigenvalue weighted by Crippen LogP contribution is 2.42. The second kappa shape index (κ2) is 11.4. The Labute approximate surface area is 265 Å². The molecular weight excluding hydrogens is 536 g/mol. The summed E-state index contributed by atoms with van der Waals surface area (Å²) in [5, 5.41) is 0. The average Bonchev–Trinajstić information content (AvgIpc) is 3.52. The molecule has 0 unspecified atom stereocenters. The van der Waals surface area contributed by atoms with Crippen LogP contribution in [0, 0.1) is 69.2 Å². The highest BCUT2D eigenvalue weighted by molar-refractivity contribution is 5.75. The molecule has 4 nitrogen and oxygen atoms in total. The van der Waals surface area contributed by atoms with Crippen molar-refractivity contribution in [2.75, 3.05) is 46.0 Å². The summed E-state index contributed by atoms with van der Waals surface area (Å²) in [6, 6.07) is 22.8. The molecule has 44 heavy (non-hydrogen) atoms. The van der Waals surface area contributed by atoms with Gasteiger partial charge in [0.05, 0.1) is 37.8 Å².